The first-order valence-electron chi connectivity index (χ1n) is 9.42. The Morgan fingerprint density at radius 2 is 2.04 bits per heavy atom. The van der Waals surface area contributed by atoms with Gasteiger partial charge in [0, 0.05) is 43.9 Å². The first-order chi connectivity index (χ1) is 12.5. The number of likely N-dealkylation sites (tertiary alicyclic amines) is 1. The lowest BCUT2D eigenvalue weighted by molar-refractivity contribution is -0.131. The second-order valence-electron chi connectivity index (χ2n) is 6.94. The number of rotatable bonds is 8. The summed E-state index contributed by atoms with van der Waals surface area (Å²) < 4.78 is 0. The van der Waals surface area contributed by atoms with E-state index in [1.165, 1.54) is 19.3 Å². The highest BCUT2D eigenvalue weighted by molar-refractivity contribution is 7.98. The van der Waals surface area contributed by atoms with Gasteiger partial charge in [-0.2, -0.15) is 0 Å². The molecule has 1 saturated heterocycles. The van der Waals surface area contributed by atoms with E-state index in [1.54, 1.807) is 16.7 Å². The Labute approximate surface area is 161 Å². The number of carbonyl (C=O) groups is 2. The van der Waals surface area contributed by atoms with Gasteiger partial charge in [0.1, 0.15) is 0 Å². The zero-order valence-corrected chi connectivity index (χ0v) is 17.0. The van der Waals surface area contributed by atoms with Crippen LogP contribution in [0.3, 0.4) is 0 Å². The van der Waals surface area contributed by atoms with E-state index in [0.29, 0.717) is 6.04 Å². The molecule has 0 aromatic heterocycles. The molecule has 1 atom stereocenters. The van der Waals surface area contributed by atoms with E-state index in [4.69, 9.17) is 0 Å². The number of anilines is 1. The Kier molecular flexibility index (Phi) is 8.45. The van der Waals surface area contributed by atoms with Crippen LogP contribution >= 0.6 is 11.8 Å². The molecule has 1 aromatic rings. The number of hydrogen-bond donors (Lipinski definition) is 1. The Morgan fingerprint density at radius 1 is 1.27 bits per heavy atom. The summed E-state index contributed by atoms with van der Waals surface area (Å²) in [5, 5.41) is 2.91. The molecule has 144 valence electrons. The van der Waals surface area contributed by atoms with E-state index < -0.39 is 0 Å². The van der Waals surface area contributed by atoms with Gasteiger partial charge in [-0.15, -0.1) is 11.8 Å². The second-order valence-corrected chi connectivity index (χ2v) is 7.79. The predicted molar refractivity (Wildman–Crippen MR) is 109 cm³/mol. The third-order valence-corrected chi connectivity index (χ3v) is 5.83. The summed E-state index contributed by atoms with van der Waals surface area (Å²) in [6.45, 7) is 5.02. The molecule has 5 nitrogen and oxygen atoms in total. The number of nitrogens with zero attached hydrogens (tertiary/aromatic N) is 2. The zero-order valence-electron chi connectivity index (χ0n) is 16.2. The van der Waals surface area contributed by atoms with Crippen LogP contribution in [-0.2, 0) is 9.59 Å². The van der Waals surface area contributed by atoms with Crippen molar-refractivity contribution in [2.24, 2.45) is 0 Å². The molecule has 1 N–H and O–H groups in total. The fraction of sp³-hybridized carbons (Fsp3) is 0.600. The topological polar surface area (TPSA) is 52.7 Å². The van der Waals surface area contributed by atoms with Gasteiger partial charge in [-0.05, 0) is 44.7 Å². The molecular weight excluding hydrogens is 346 g/mol. The van der Waals surface area contributed by atoms with Gasteiger partial charge in [0.05, 0.1) is 5.69 Å². The molecule has 26 heavy (non-hydrogen) atoms. The van der Waals surface area contributed by atoms with Crippen LogP contribution in [0, 0.1) is 0 Å². The molecule has 6 heteroatoms. The first kappa shape index (κ1) is 20.8. The summed E-state index contributed by atoms with van der Waals surface area (Å²) in [4.78, 5) is 29.7. The number of piperidine rings is 1. The number of carbonyl (C=O) groups excluding carboxylic acids is 2. The van der Waals surface area contributed by atoms with Crippen LogP contribution in [0.4, 0.5) is 5.69 Å². The standard InChI is InChI=1S/C20H31N3O2S/c1-16-8-6-7-13-23(16)15-14-22(2)20(25)12-11-19(24)21-17-9-4-5-10-18(17)26-3/h4-5,9-10,16H,6-8,11-15H2,1-3H3,(H,21,24)/t16-/m0/s1. The molecule has 0 spiro atoms. The van der Waals surface area contributed by atoms with Gasteiger partial charge in [0.25, 0.3) is 0 Å². The van der Waals surface area contributed by atoms with Crippen molar-refractivity contribution < 1.29 is 9.59 Å². The minimum atomic E-state index is -0.113. The van der Waals surface area contributed by atoms with E-state index in [-0.39, 0.29) is 24.7 Å². The summed E-state index contributed by atoms with van der Waals surface area (Å²) in [6.07, 6.45) is 6.24. The van der Waals surface area contributed by atoms with Gasteiger partial charge in [0.15, 0.2) is 0 Å². The molecule has 1 heterocycles. The molecule has 0 unspecified atom stereocenters. The lowest BCUT2D eigenvalue weighted by Gasteiger charge is -2.34. The first-order valence-corrected chi connectivity index (χ1v) is 10.6. The van der Waals surface area contributed by atoms with E-state index in [0.717, 1.165) is 30.2 Å². The van der Waals surface area contributed by atoms with Crippen molar-refractivity contribution in [3.05, 3.63) is 24.3 Å². The highest BCUT2D eigenvalue weighted by Crippen LogP contribution is 2.24. The fourth-order valence-electron chi connectivity index (χ4n) is 3.26. The number of amides is 2. The maximum atomic E-state index is 12.3. The highest BCUT2D eigenvalue weighted by Gasteiger charge is 2.19. The summed E-state index contributed by atoms with van der Waals surface area (Å²) in [5.41, 5.74) is 0.810. The smallest absolute Gasteiger partial charge is 0.224 e. The molecule has 0 bridgehead atoms. The molecule has 1 aliphatic heterocycles. The van der Waals surface area contributed by atoms with Gasteiger partial charge >= 0.3 is 0 Å². The largest absolute Gasteiger partial charge is 0.344 e. The van der Waals surface area contributed by atoms with Crippen molar-refractivity contribution in [1.29, 1.82) is 0 Å². The van der Waals surface area contributed by atoms with Crippen molar-refractivity contribution in [3.8, 4) is 0 Å². The van der Waals surface area contributed by atoms with Gasteiger partial charge in [-0.25, -0.2) is 0 Å². The normalized spacial score (nSPS) is 17.7. The maximum absolute atomic E-state index is 12.3. The van der Waals surface area contributed by atoms with Crippen molar-refractivity contribution in [3.63, 3.8) is 0 Å². The van der Waals surface area contributed by atoms with Crippen molar-refractivity contribution >= 4 is 29.3 Å². The Bertz CT molecular complexity index is 608. The lowest BCUT2D eigenvalue weighted by atomic mass is 10.0. The molecular formula is C20H31N3O2S. The predicted octanol–water partition coefficient (Wildman–Crippen LogP) is 3.46. The third-order valence-electron chi connectivity index (χ3n) is 5.04. The van der Waals surface area contributed by atoms with E-state index in [1.807, 2.05) is 37.6 Å². The molecule has 1 aliphatic rings. The minimum Gasteiger partial charge on any atom is -0.344 e. The van der Waals surface area contributed by atoms with E-state index >= 15 is 0 Å². The van der Waals surface area contributed by atoms with Gasteiger partial charge < -0.3 is 10.2 Å². The number of hydrogen-bond acceptors (Lipinski definition) is 4. The average Bonchev–Trinajstić information content (AvgIpc) is 2.65. The summed E-state index contributed by atoms with van der Waals surface area (Å²) in [7, 11) is 1.83. The minimum absolute atomic E-state index is 0.0305. The van der Waals surface area contributed by atoms with Crippen LogP contribution in [-0.4, -0.2) is 60.6 Å². The van der Waals surface area contributed by atoms with Crippen LogP contribution < -0.4 is 5.32 Å². The molecule has 2 amide bonds. The molecule has 0 aliphatic carbocycles. The third kappa shape index (κ3) is 6.32. The van der Waals surface area contributed by atoms with Crippen molar-refractivity contribution in [1.82, 2.24) is 9.80 Å². The quantitative estimate of drug-likeness (QED) is 0.705. The van der Waals surface area contributed by atoms with E-state index in [9.17, 15) is 9.59 Å². The summed E-state index contributed by atoms with van der Waals surface area (Å²) >= 11 is 1.59. The van der Waals surface area contributed by atoms with Crippen LogP contribution in [0.15, 0.2) is 29.2 Å². The number of para-hydroxylation sites is 1. The zero-order chi connectivity index (χ0) is 18.9. The van der Waals surface area contributed by atoms with Crippen LogP contribution in [0.5, 0.6) is 0 Å². The highest BCUT2D eigenvalue weighted by atomic mass is 32.2. The van der Waals surface area contributed by atoms with E-state index in [2.05, 4.69) is 17.1 Å². The Hall–Kier alpha value is -1.53. The lowest BCUT2D eigenvalue weighted by Crippen LogP contribution is -2.43. The molecule has 1 fully saturated rings. The fourth-order valence-corrected chi connectivity index (χ4v) is 3.82. The van der Waals surface area contributed by atoms with Crippen molar-refractivity contribution in [2.75, 3.05) is 38.3 Å². The van der Waals surface area contributed by atoms with Crippen LogP contribution in [0.25, 0.3) is 0 Å². The van der Waals surface area contributed by atoms with Crippen LogP contribution in [0.1, 0.15) is 39.0 Å². The van der Waals surface area contributed by atoms with Crippen molar-refractivity contribution in [2.45, 2.75) is 50.0 Å². The van der Waals surface area contributed by atoms with Gasteiger partial charge in [-0.3, -0.25) is 14.5 Å². The number of nitrogens with one attached hydrogen (secondary N) is 1. The molecule has 0 radical (unpaired) electrons. The summed E-state index contributed by atoms with van der Waals surface area (Å²) in [6, 6.07) is 8.31. The molecule has 2 rings (SSSR count). The number of benzene rings is 1. The van der Waals surface area contributed by atoms with Gasteiger partial charge in [-0.1, -0.05) is 18.6 Å². The Balaban J connectivity index is 1.72. The van der Waals surface area contributed by atoms with Gasteiger partial charge in [0.2, 0.25) is 11.8 Å². The average molecular weight is 378 g/mol. The molecule has 0 saturated carbocycles. The SMILES string of the molecule is CSc1ccccc1NC(=O)CCC(=O)N(C)CCN1CCCC[C@@H]1C. The Morgan fingerprint density at radius 3 is 2.77 bits per heavy atom. The maximum Gasteiger partial charge on any atom is 0.224 e. The monoisotopic (exact) mass is 377 g/mol. The molecule has 1 aromatic carbocycles. The summed E-state index contributed by atoms with van der Waals surface area (Å²) in [5.74, 6) is -0.0825. The van der Waals surface area contributed by atoms with Crippen LogP contribution in [0.2, 0.25) is 0 Å². The number of likely N-dealkylation sites (N-methyl/N-ethyl adjacent to an activating group) is 1. The second kappa shape index (κ2) is 10.6. The number of thioether (sulfide) groups is 1.